The molecule has 3 rings (SSSR count). The van der Waals surface area contributed by atoms with Crippen molar-refractivity contribution in [2.75, 3.05) is 14.2 Å². The smallest absolute Gasteiger partial charge is 0.222 e. The van der Waals surface area contributed by atoms with Crippen molar-refractivity contribution in [3.05, 3.63) is 28.7 Å². The number of rotatable bonds is 3. The van der Waals surface area contributed by atoms with E-state index < -0.39 is 0 Å². The Morgan fingerprint density at radius 3 is 2.41 bits per heavy atom. The molecule has 2 heterocycles. The standard InChI is InChI=1S/C16H18N2O4/c1-16(2)8-9-5-13(21-3)14(22-4)6-10(9)12-7-11(17-20)15(19)18(12)16/h5-7,19H,8H2,1-4H3. The van der Waals surface area contributed by atoms with Crippen LogP contribution in [-0.2, 0) is 12.0 Å². The van der Waals surface area contributed by atoms with Gasteiger partial charge in [-0.15, -0.1) is 4.91 Å². The minimum Gasteiger partial charge on any atom is -0.493 e. The van der Waals surface area contributed by atoms with Gasteiger partial charge in [-0.1, -0.05) is 0 Å². The zero-order valence-corrected chi connectivity index (χ0v) is 13.0. The average Bonchev–Trinajstić information content (AvgIpc) is 2.83. The predicted molar refractivity (Wildman–Crippen MR) is 83.1 cm³/mol. The number of fused-ring (bicyclic) bond motifs is 3. The first-order chi connectivity index (χ1) is 10.4. The van der Waals surface area contributed by atoms with Crippen LogP contribution in [0.1, 0.15) is 19.4 Å². The molecule has 0 saturated heterocycles. The summed E-state index contributed by atoms with van der Waals surface area (Å²) in [5.74, 6) is 1.17. The molecular formula is C16H18N2O4. The maximum Gasteiger partial charge on any atom is 0.222 e. The number of nitroso groups, excluding NO2 is 1. The lowest BCUT2D eigenvalue weighted by Gasteiger charge is -2.35. The predicted octanol–water partition coefficient (Wildman–Crippen LogP) is 3.57. The Morgan fingerprint density at radius 2 is 1.82 bits per heavy atom. The van der Waals surface area contributed by atoms with Gasteiger partial charge in [-0.3, -0.25) is 0 Å². The molecule has 1 aliphatic heterocycles. The maximum atomic E-state index is 10.9. The van der Waals surface area contributed by atoms with Crippen molar-refractivity contribution in [2.24, 2.45) is 5.18 Å². The summed E-state index contributed by atoms with van der Waals surface area (Å²) >= 11 is 0. The Hall–Kier alpha value is -2.50. The molecule has 0 bridgehead atoms. The lowest BCUT2D eigenvalue weighted by Crippen LogP contribution is -2.32. The molecule has 1 N–H and O–H groups in total. The normalized spacial score (nSPS) is 14.9. The van der Waals surface area contributed by atoms with Crippen LogP contribution in [0.4, 0.5) is 5.69 Å². The van der Waals surface area contributed by atoms with Crippen LogP contribution in [0.3, 0.4) is 0 Å². The molecule has 1 aliphatic rings. The van der Waals surface area contributed by atoms with Crippen molar-refractivity contribution in [3.8, 4) is 28.6 Å². The molecule has 116 valence electrons. The number of hydrogen-bond donors (Lipinski definition) is 1. The van der Waals surface area contributed by atoms with Crippen molar-refractivity contribution in [1.82, 2.24) is 4.57 Å². The maximum absolute atomic E-state index is 10.9. The van der Waals surface area contributed by atoms with Crippen LogP contribution < -0.4 is 9.47 Å². The van der Waals surface area contributed by atoms with E-state index in [9.17, 15) is 10.0 Å². The summed E-state index contributed by atoms with van der Waals surface area (Å²) in [6.07, 6.45) is 0.691. The van der Waals surface area contributed by atoms with Crippen molar-refractivity contribution in [1.29, 1.82) is 0 Å². The van der Waals surface area contributed by atoms with Crippen molar-refractivity contribution in [3.63, 3.8) is 0 Å². The van der Waals surface area contributed by atoms with E-state index in [0.717, 1.165) is 16.8 Å². The highest BCUT2D eigenvalue weighted by Crippen LogP contribution is 2.48. The fourth-order valence-corrected chi connectivity index (χ4v) is 3.22. The van der Waals surface area contributed by atoms with E-state index in [0.29, 0.717) is 17.9 Å². The zero-order chi connectivity index (χ0) is 16.1. The first kappa shape index (κ1) is 14.4. The third-order valence-electron chi connectivity index (χ3n) is 4.17. The number of hydrogen-bond acceptors (Lipinski definition) is 5. The highest BCUT2D eigenvalue weighted by atomic mass is 16.5. The summed E-state index contributed by atoms with van der Waals surface area (Å²) in [7, 11) is 3.17. The monoisotopic (exact) mass is 302 g/mol. The Kier molecular flexibility index (Phi) is 3.12. The highest BCUT2D eigenvalue weighted by Gasteiger charge is 2.35. The Bertz CT molecular complexity index is 762. The van der Waals surface area contributed by atoms with Crippen LogP contribution in [0, 0.1) is 4.91 Å². The van der Waals surface area contributed by atoms with Crippen LogP contribution in [0.25, 0.3) is 11.3 Å². The summed E-state index contributed by atoms with van der Waals surface area (Å²) in [6.45, 7) is 4.01. The topological polar surface area (TPSA) is 73.1 Å². The molecule has 0 spiro atoms. The fraction of sp³-hybridized carbons (Fsp3) is 0.375. The summed E-state index contributed by atoms with van der Waals surface area (Å²) in [4.78, 5) is 10.9. The third kappa shape index (κ3) is 1.87. The molecule has 22 heavy (non-hydrogen) atoms. The van der Waals surface area contributed by atoms with Gasteiger partial charge in [0, 0.05) is 11.1 Å². The second-order valence-electron chi connectivity index (χ2n) is 6.02. The van der Waals surface area contributed by atoms with Gasteiger partial charge in [-0.25, -0.2) is 0 Å². The van der Waals surface area contributed by atoms with Gasteiger partial charge in [0.05, 0.1) is 19.9 Å². The molecule has 0 unspecified atom stereocenters. The van der Waals surface area contributed by atoms with E-state index in [-0.39, 0.29) is 17.1 Å². The quantitative estimate of drug-likeness (QED) is 0.880. The van der Waals surface area contributed by atoms with Gasteiger partial charge in [0.1, 0.15) is 0 Å². The van der Waals surface area contributed by atoms with Crippen LogP contribution in [0.2, 0.25) is 0 Å². The first-order valence-corrected chi connectivity index (χ1v) is 6.96. The van der Waals surface area contributed by atoms with Gasteiger partial charge in [-0.05, 0) is 49.2 Å². The average molecular weight is 302 g/mol. The SMILES string of the molecule is COc1cc2c(cc1OC)-c1cc(N=O)c(O)n1C(C)(C)C2. The molecule has 0 amide bonds. The molecule has 6 nitrogen and oxygen atoms in total. The second kappa shape index (κ2) is 4.76. The number of aromatic hydroxyl groups is 1. The molecule has 0 saturated carbocycles. The van der Waals surface area contributed by atoms with Gasteiger partial charge in [0.25, 0.3) is 0 Å². The van der Waals surface area contributed by atoms with E-state index in [2.05, 4.69) is 5.18 Å². The molecule has 0 fully saturated rings. The van der Waals surface area contributed by atoms with Gasteiger partial charge >= 0.3 is 0 Å². The van der Waals surface area contributed by atoms with E-state index in [1.807, 2.05) is 26.0 Å². The molecule has 0 radical (unpaired) electrons. The minimum atomic E-state index is -0.380. The number of methoxy groups -OCH3 is 2. The summed E-state index contributed by atoms with van der Waals surface area (Å²) < 4.78 is 12.5. The van der Waals surface area contributed by atoms with Gasteiger partial charge in [-0.2, -0.15) is 0 Å². The third-order valence-corrected chi connectivity index (χ3v) is 4.17. The molecule has 1 aromatic heterocycles. The molecule has 2 aromatic rings. The number of ether oxygens (including phenoxy) is 2. The van der Waals surface area contributed by atoms with Crippen molar-refractivity contribution in [2.45, 2.75) is 25.8 Å². The highest BCUT2D eigenvalue weighted by molar-refractivity contribution is 5.76. The fourth-order valence-electron chi connectivity index (χ4n) is 3.22. The number of nitrogens with zero attached hydrogens (tertiary/aromatic N) is 2. The largest absolute Gasteiger partial charge is 0.493 e. The Labute approximate surface area is 128 Å². The van der Waals surface area contributed by atoms with E-state index in [1.165, 1.54) is 0 Å². The molecule has 0 aliphatic carbocycles. The Balaban J connectivity index is 2.32. The van der Waals surface area contributed by atoms with Crippen LogP contribution in [0.15, 0.2) is 23.4 Å². The van der Waals surface area contributed by atoms with Crippen molar-refractivity contribution >= 4 is 5.69 Å². The van der Waals surface area contributed by atoms with E-state index in [1.54, 1.807) is 24.9 Å². The van der Waals surface area contributed by atoms with Gasteiger partial charge < -0.3 is 19.1 Å². The van der Waals surface area contributed by atoms with Crippen molar-refractivity contribution < 1.29 is 14.6 Å². The number of benzene rings is 1. The molecule has 0 atom stereocenters. The van der Waals surface area contributed by atoms with E-state index in [4.69, 9.17) is 9.47 Å². The van der Waals surface area contributed by atoms with Crippen LogP contribution in [0.5, 0.6) is 17.4 Å². The van der Waals surface area contributed by atoms with Crippen LogP contribution in [-0.4, -0.2) is 23.9 Å². The Morgan fingerprint density at radius 1 is 1.18 bits per heavy atom. The molecule has 1 aromatic carbocycles. The van der Waals surface area contributed by atoms with Crippen LogP contribution >= 0.6 is 0 Å². The second-order valence-corrected chi connectivity index (χ2v) is 6.02. The lowest BCUT2D eigenvalue weighted by atomic mass is 9.86. The summed E-state index contributed by atoms with van der Waals surface area (Å²) in [5.41, 5.74) is 2.40. The van der Waals surface area contributed by atoms with Gasteiger partial charge in [0.2, 0.25) is 5.88 Å². The van der Waals surface area contributed by atoms with Gasteiger partial charge in [0.15, 0.2) is 17.2 Å². The van der Waals surface area contributed by atoms with E-state index >= 15 is 0 Å². The zero-order valence-electron chi connectivity index (χ0n) is 13.0. The molecular weight excluding hydrogens is 284 g/mol. The first-order valence-electron chi connectivity index (χ1n) is 6.96. The summed E-state index contributed by atoms with van der Waals surface area (Å²) in [5, 5.41) is 13.2. The molecule has 6 heteroatoms. The summed E-state index contributed by atoms with van der Waals surface area (Å²) in [6, 6.07) is 5.41. The minimum absolute atomic E-state index is 0.0470. The lowest BCUT2D eigenvalue weighted by molar-refractivity contribution is 0.297. The number of aromatic nitrogens is 1.